The molecule has 0 aromatic carbocycles. The van der Waals surface area contributed by atoms with Crippen LogP contribution in [-0.2, 0) is 0 Å². The molecule has 0 aromatic rings. The largest absolute Gasteiger partial charge is 0.379 e. The molecule has 0 aromatic heterocycles. The lowest BCUT2D eigenvalue weighted by atomic mass is 9.98. The maximum atomic E-state index is 6.90. The number of nitrogens with two attached hydrogens (primary N) is 1. The molecule has 0 spiro atoms. The molecule has 62 valence electrons. The van der Waals surface area contributed by atoms with Gasteiger partial charge in [0, 0.05) is 5.41 Å². The van der Waals surface area contributed by atoms with Crippen molar-refractivity contribution in [1.29, 1.82) is 5.41 Å². The average molecular weight is 170 g/mol. The Morgan fingerprint density at radius 2 is 2.09 bits per heavy atom. The van der Waals surface area contributed by atoms with Gasteiger partial charge in [0.1, 0.15) is 0 Å². The molecule has 0 unspecified atom stereocenters. The smallest absolute Gasteiger partial charge is 0.151 e. The Morgan fingerprint density at radius 1 is 1.55 bits per heavy atom. The standard InChI is InChI=1S/C8H14N2S/c1-8(2,3)5-4-6-11-7(9)10/h6H2,1-3H3,(H3,9,10). The van der Waals surface area contributed by atoms with Crippen LogP contribution in [0.15, 0.2) is 0 Å². The van der Waals surface area contributed by atoms with Gasteiger partial charge in [0.25, 0.3) is 0 Å². The van der Waals surface area contributed by atoms with Crippen LogP contribution in [0.25, 0.3) is 0 Å². The molecule has 0 radical (unpaired) electrons. The van der Waals surface area contributed by atoms with E-state index in [0.29, 0.717) is 5.75 Å². The number of rotatable bonds is 1. The zero-order chi connectivity index (χ0) is 8.91. The van der Waals surface area contributed by atoms with Gasteiger partial charge in [0.15, 0.2) is 5.17 Å². The normalized spacial score (nSPS) is 10.1. The maximum absolute atomic E-state index is 6.90. The van der Waals surface area contributed by atoms with Crippen molar-refractivity contribution >= 4 is 16.9 Å². The minimum absolute atomic E-state index is 0.0529. The first-order chi connectivity index (χ1) is 4.92. The lowest BCUT2D eigenvalue weighted by Crippen LogP contribution is -2.04. The molecule has 0 aliphatic rings. The summed E-state index contributed by atoms with van der Waals surface area (Å²) in [6.07, 6.45) is 0. The van der Waals surface area contributed by atoms with Crippen molar-refractivity contribution in [2.75, 3.05) is 5.75 Å². The van der Waals surface area contributed by atoms with Gasteiger partial charge in [0.2, 0.25) is 0 Å². The van der Waals surface area contributed by atoms with Gasteiger partial charge in [0.05, 0.1) is 5.75 Å². The lowest BCUT2D eigenvalue weighted by molar-refractivity contribution is 0.571. The van der Waals surface area contributed by atoms with Gasteiger partial charge in [-0.15, -0.1) is 0 Å². The first-order valence-corrected chi connectivity index (χ1v) is 4.37. The van der Waals surface area contributed by atoms with Crippen LogP contribution >= 0.6 is 11.8 Å². The predicted octanol–water partition coefficient (Wildman–Crippen LogP) is 1.66. The van der Waals surface area contributed by atoms with Gasteiger partial charge < -0.3 is 5.73 Å². The maximum Gasteiger partial charge on any atom is 0.151 e. The minimum atomic E-state index is 0.0529. The first-order valence-electron chi connectivity index (χ1n) is 3.39. The van der Waals surface area contributed by atoms with Crippen LogP contribution in [0.1, 0.15) is 20.8 Å². The van der Waals surface area contributed by atoms with Crippen LogP contribution in [0.4, 0.5) is 0 Å². The highest BCUT2D eigenvalue weighted by Gasteiger charge is 2.02. The monoisotopic (exact) mass is 170 g/mol. The van der Waals surface area contributed by atoms with E-state index in [4.69, 9.17) is 11.1 Å². The van der Waals surface area contributed by atoms with Crippen LogP contribution < -0.4 is 5.73 Å². The van der Waals surface area contributed by atoms with E-state index in [0.717, 1.165) is 0 Å². The van der Waals surface area contributed by atoms with E-state index in [9.17, 15) is 0 Å². The summed E-state index contributed by atoms with van der Waals surface area (Å²) in [5, 5.41) is 7.03. The Balaban J connectivity index is 3.66. The second-order valence-electron chi connectivity index (χ2n) is 3.20. The van der Waals surface area contributed by atoms with E-state index < -0.39 is 0 Å². The Hall–Kier alpha value is -0.620. The summed E-state index contributed by atoms with van der Waals surface area (Å²) in [5.41, 5.74) is 5.17. The Kier molecular flexibility index (Phi) is 4.06. The van der Waals surface area contributed by atoms with Crippen molar-refractivity contribution in [2.45, 2.75) is 20.8 Å². The number of hydrogen-bond donors (Lipinski definition) is 2. The molecule has 0 aliphatic carbocycles. The van der Waals surface area contributed by atoms with Crippen molar-refractivity contribution in [3.05, 3.63) is 0 Å². The average Bonchev–Trinajstić information content (AvgIpc) is 1.78. The number of amidine groups is 1. The third kappa shape index (κ3) is 9.38. The molecule has 0 atom stereocenters. The fourth-order valence-corrected chi connectivity index (χ4v) is 0.715. The Morgan fingerprint density at radius 3 is 2.45 bits per heavy atom. The Labute approximate surface area is 72.4 Å². The highest BCUT2D eigenvalue weighted by Crippen LogP contribution is 2.10. The van der Waals surface area contributed by atoms with Crippen LogP contribution in [0.3, 0.4) is 0 Å². The molecule has 0 bridgehead atoms. The van der Waals surface area contributed by atoms with Crippen molar-refractivity contribution in [2.24, 2.45) is 11.1 Å². The summed E-state index contributed by atoms with van der Waals surface area (Å²) in [4.78, 5) is 0. The summed E-state index contributed by atoms with van der Waals surface area (Å²) in [7, 11) is 0. The third-order valence-corrected chi connectivity index (χ3v) is 1.36. The van der Waals surface area contributed by atoms with Crippen molar-refractivity contribution < 1.29 is 0 Å². The van der Waals surface area contributed by atoms with Gasteiger partial charge in [-0.05, 0) is 20.8 Å². The van der Waals surface area contributed by atoms with Crippen LogP contribution in [0.5, 0.6) is 0 Å². The molecular weight excluding hydrogens is 156 g/mol. The molecule has 0 saturated carbocycles. The zero-order valence-corrected chi connectivity index (χ0v) is 8.01. The molecule has 0 aliphatic heterocycles. The molecule has 11 heavy (non-hydrogen) atoms. The van der Waals surface area contributed by atoms with Crippen molar-refractivity contribution in [1.82, 2.24) is 0 Å². The SMILES string of the molecule is CC(C)(C)C#CCSC(=N)N. The van der Waals surface area contributed by atoms with Crippen molar-refractivity contribution in [3.8, 4) is 11.8 Å². The molecular formula is C8H14N2S. The number of thioether (sulfide) groups is 1. The molecule has 0 rings (SSSR count). The summed E-state index contributed by atoms with van der Waals surface area (Å²) in [6, 6.07) is 0. The molecule has 3 N–H and O–H groups in total. The molecule has 0 amide bonds. The molecule has 2 nitrogen and oxygen atoms in total. The fraction of sp³-hybridized carbons (Fsp3) is 0.625. The Bertz CT molecular complexity index is 192. The van der Waals surface area contributed by atoms with E-state index in [2.05, 4.69) is 32.6 Å². The van der Waals surface area contributed by atoms with Gasteiger partial charge >= 0.3 is 0 Å². The summed E-state index contributed by atoms with van der Waals surface area (Å²) in [6.45, 7) is 6.16. The summed E-state index contributed by atoms with van der Waals surface area (Å²) in [5.74, 6) is 6.62. The zero-order valence-electron chi connectivity index (χ0n) is 7.19. The minimum Gasteiger partial charge on any atom is -0.379 e. The highest BCUT2D eigenvalue weighted by molar-refractivity contribution is 8.13. The predicted molar refractivity (Wildman–Crippen MR) is 51.6 cm³/mol. The molecule has 3 heteroatoms. The second-order valence-corrected chi connectivity index (χ2v) is 4.22. The van der Waals surface area contributed by atoms with Gasteiger partial charge in [-0.3, -0.25) is 5.41 Å². The third-order valence-electron chi connectivity index (χ3n) is 0.763. The van der Waals surface area contributed by atoms with E-state index in [1.54, 1.807) is 0 Å². The number of hydrogen-bond acceptors (Lipinski definition) is 2. The fourth-order valence-electron chi connectivity index (χ4n) is 0.415. The van der Waals surface area contributed by atoms with Gasteiger partial charge in [-0.25, -0.2) is 0 Å². The molecule has 0 heterocycles. The van der Waals surface area contributed by atoms with Crippen LogP contribution in [0, 0.1) is 22.7 Å². The van der Waals surface area contributed by atoms with E-state index >= 15 is 0 Å². The van der Waals surface area contributed by atoms with Gasteiger partial charge in [-0.2, -0.15) is 0 Å². The van der Waals surface area contributed by atoms with E-state index in [-0.39, 0.29) is 10.6 Å². The van der Waals surface area contributed by atoms with Gasteiger partial charge in [-0.1, -0.05) is 23.6 Å². The topological polar surface area (TPSA) is 49.9 Å². The summed E-state index contributed by atoms with van der Waals surface area (Å²) < 4.78 is 0. The highest BCUT2D eigenvalue weighted by atomic mass is 32.2. The number of nitrogens with one attached hydrogen (secondary N) is 1. The second kappa shape index (κ2) is 4.30. The molecule has 0 saturated heterocycles. The van der Waals surface area contributed by atoms with E-state index in [1.165, 1.54) is 11.8 Å². The van der Waals surface area contributed by atoms with Crippen LogP contribution in [0.2, 0.25) is 0 Å². The van der Waals surface area contributed by atoms with Crippen molar-refractivity contribution in [3.63, 3.8) is 0 Å². The van der Waals surface area contributed by atoms with E-state index in [1.807, 2.05) is 0 Å². The molecule has 0 fully saturated rings. The quantitative estimate of drug-likeness (QED) is 0.357. The first kappa shape index (κ1) is 10.4. The van der Waals surface area contributed by atoms with Crippen LogP contribution in [-0.4, -0.2) is 10.9 Å². The summed E-state index contributed by atoms with van der Waals surface area (Å²) >= 11 is 1.26. The lowest BCUT2D eigenvalue weighted by Gasteiger charge is -2.06.